The Morgan fingerprint density at radius 1 is 1.21 bits per heavy atom. The van der Waals surface area contributed by atoms with Crippen molar-refractivity contribution in [3.63, 3.8) is 0 Å². The van der Waals surface area contributed by atoms with Crippen molar-refractivity contribution in [3.05, 3.63) is 58.4 Å². The number of esters is 1. The van der Waals surface area contributed by atoms with Gasteiger partial charge in [0.05, 0.1) is 35.7 Å². The Kier molecular flexibility index (Phi) is 6.29. The lowest BCUT2D eigenvalue weighted by Crippen LogP contribution is -2.16. The summed E-state index contributed by atoms with van der Waals surface area (Å²) in [4.78, 5) is 27.9. The first-order chi connectivity index (χ1) is 13.5. The molecule has 6 nitrogen and oxygen atoms in total. The molecule has 1 aromatic heterocycles. The number of aryl methyl sites for hydroxylation is 2. The van der Waals surface area contributed by atoms with Gasteiger partial charge in [0.25, 0.3) is 0 Å². The predicted octanol–water partition coefficient (Wildman–Crippen LogP) is 4.15. The van der Waals surface area contributed by atoms with Crippen LogP contribution in [-0.2, 0) is 11.2 Å². The number of fused-ring (bicyclic) bond motifs is 1. The number of carbonyl (C=O) groups is 2. The lowest BCUT2D eigenvalue weighted by atomic mass is 9.97. The first-order valence-electron chi connectivity index (χ1n) is 9.63. The summed E-state index contributed by atoms with van der Waals surface area (Å²) >= 11 is 0. The van der Waals surface area contributed by atoms with E-state index in [0.717, 1.165) is 36.9 Å². The van der Waals surface area contributed by atoms with E-state index in [9.17, 15) is 9.59 Å². The number of rotatable bonds is 6. The molecule has 3 rings (SSSR count). The summed E-state index contributed by atoms with van der Waals surface area (Å²) in [5.74, 6) is -0.519. The number of nitrogens with zero attached hydrogens (tertiary/aromatic N) is 1. The largest absolute Gasteiger partial charge is 0.493 e. The number of benzene rings is 1. The van der Waals surface area contributed by atoms with Gasteiger partial charge in [-0.25, -0.2) is 9.59 Å². The molecule has 1 atom stereocenters. The molecule has 1 unspecified atom stereocenters. The smallest absolute Gasteiger partial charge is 0.339 e. The van der Waals surface area contributed by atoms with Crippen molar-refractivity contribution < 1.29 is 24.2 Å². The summed E-state index contributed by atoms with van der Waals surface area (Å²) in [5.41, 5.74) is 3.52. The highest BCUT2D eigenvalue weighted by atomic mass is 16.5. The molecule has 1 aliphatic carbocycles. The fraction of sp³-hybridized carbons (Fsp3) is 0.409. The van der Waals surface area contributed by atoms with Gasteiger partial charge in [-0.2, -0.15) is 0 Å². The molecule has 1 aromatic carbocycles. The summed E-state index contributed by atoms with van der Waals surface area (Å²) in [7, 11) is 0. The molecule has 0 saturated carbocycles. The molecule has 2 aromatic rings. The van der Waals surface area contributed by atoms with Crippen LogP contribution in [0, 0.1) is 6.92 Å². The van der Waals surface area contributed by atoms with Gasteiger partial charge in [0, 0.05) is 5.92 Å². The number of hydrogen-bond acceptors (Lipinski definition) is 5. The first-order valence-corrected chi connectivity index (χ1v) is 9.63. The number of hydrogen-bond donors (Lipinski definition) is 1. The van der Waals surface area contributed by atoms with Crippen LogP contribution in [0.2, 0.25) is 0 Å². The van der Waals surface area contributed by atoms with Crippen LogP contribution in [0.5, 0.6) is 5.75 Å². The van der Waals surface area contributed by atoms with Crippen LogP contribution in [0.15, 0.2) is 30.3 Å². The highest BCUT2D eigenvalue weighted by Crippen LogP contribution is 2.31. The van der Waals surface area contributed by atoms with Crippen molar-refractivity contribution in [2.75, 3.05) is 13.2 Å². The molecule has 0 bridgehead atoms. The molecule has 148 valence electrons. The standard InChI is InChI=1S/C22H25NO5/c1-3-27-22(26)19-12-16-6-4-5-7-17(20(16)23-14(19)2)13-28-18-10-8-15(9-11-18)21(24)25/h8-12,17H,3-7,13H2,1-2H3,(H,24,25). The van der Waals surface area contributed by atoms with Crippen molar-refractivity contribution in [2.24, 2.45) is 0 Å². The van der Waals surface area contributed by atoms with Crippen LogP contribution >= 0.6 is 0 Å². The zero-order valence-electron chi connectivity index (χ0n) is 16.2. The Balaban J connectivity index is 1.79. The third kappa shape index (κ3) is 4.50. The van der Waals surface area contributed by atoms with E-state index in [1.807, 2.05) is 13.0 Å². The Labute approximate surface area is 164 Å². The highest BCUT2D eigenvalue weighted by molar-refractivity contribution is 5.90. The van der Waals surface area contributed by atoms with Gasteiger partial charge in [-0.3, -0.25) is 4.98 Å². The van der Waals surface area contributed by atoms with E-state index in [1.54, 1.807) is 19.1 Å². The maximum absolute atomic E-state index is 12.2. The van der Waals surface area contributed by atoms with Gasteiger partial charge < -0.3 is 14.6 Å². The summed E-state index contributed by atoms with van der Waals surface area (Å²) in [6.07, 6.45) is 3.96. The second-order valence-electron chi connectivity index (χ2n) is 6.97. The topological polar surface area (TPSA) is 85.7 Å². The molecule has 6 heteroatoms. The number of aromatic nitrogens is 1. The number of ether oxygens (including phenoxy) is 2. The maximum atomic E-state index is 12.2. The molecular weight excluding hydrogens is 358 g/mol. The Bertz CT molecular complexity index is 860. The zero-order chi connectivity index (χ0) is 20.1. The minimum atomic E-state index is -0.957. The first kappa shape index (κ1) is 19.9. The number of carbonyl (C=O) groups excluding carboxylic acids is 1. The van der Waals surface area contributed by atoms with E-state index < -0.39 is 5.97 Å². The molecule has 0 aliphatic heterocycles. The minimum absolute atomic E-state index is 0.131. The van der Waals surface area contributed by atoms with Gasteiger partial charge in [-0.1, -0.05) is 6.42 Å². The second kappa shape index (κ2) is 8.87. The third-order valence-corrected chi connectivity index (χ3v) is 5.01. The molecule has 28 heavy (non-hydrogen) atoms. The second-order valence-corrected chi connectivity index (χ2v) is 6.97. The fourth-order valence-electron chi connectivity index (χ4n) is 3.53. The SMILES string of the molecule is CCOC(=O)c1cc2c(nc1C)C(COc1ccc(C(=O)O)cc1)CCCC2. The van der Waals surface area contributed by atoms with Crippen LogP contribution in [0.1, 0.15) is 69.8 Å². The summed E-state index contributed by atoms with van der Waals surface area (Å²) < 4.78 is 11.1. The molecule has 0 spiro atoms. The molecule has 0 amide bonds. The molecule has 1 N–H and O–H groups in total. The number of pyridine rings is 1. The normalized spacial score (nSPS) is 16.0. The molecule has 0 saturated heterocycles. The third-order valence-electron chi connectivity index (χ3n) is 5.01. The maximum Gasteiger partial charge on any atom is 0.339 e. The van der Waals surface area contributed by atoms with E-state index in [0.29, 0.717) is 30.2 Å². The minimum Gasteiger partial charge on any atom is -0.493 e. The van der Waals surface area contributed by atoms with E-state index >= 15 is 0 Å². The van der Waals surface area contributed by atoms with Crippen molar-refractivity contribution in [3.8, 4) is 5.75 Å². The quantitative estimate of drug-likeness (QED) is 0.596. The van der Waals surface area contributed by atoms with Crippen molar-refractivity contribution in [1.82, 2.24) is 4.98 Å². The summed E-state index contributed by atoms with van der Waals surface area (Å²) in [6, 6.07) is 8.34. The van der Waals surface area contributed by atoms with Gasteiger partial charge in [-0.05, 0) is 69.0 Å². The van der Waals surface area contributed by atoms with Gasteiger partial charge in [0.2, 0.25) is 0 Å². The molecule has 1 heterocycles. The van der Waals surface area contributed by atoms with E-state index in [4.69, 9.17) is 19.6 Å². The lowest BCUT2D eigenvalue weighted by Gasteiger charge is -2.19. The van der Waals surface area contributed by atoms with Gasteiger partial charge in [-0.15, -0.1) is 0 Å². The van der Waals surface area contributed by atoms with Crippen LogP contribution in [0.25, 0.3) is 0 Å². The predicted molar refractivity (Wildman–Crippen MR) is 104 cm³/mol. The Morgan fingerprint density at radius 3 is 2.64 bits per heavy atom. The van der Waals surface area contributed by atoms with Gasteiger partial charge >= 0.3 is 11.9 Å². The fourth-order valence-corrected chi connectivity index (χ4v) is 3.53. The van der Waals surface area contributed by atoms with Crippen LogP contribution in [0.3, 0.4) is 0 Å². The van der Waals surface area contributed by atoms with Crippen LogP contribution in [0.4, 0.5) is 0 Å². The van der Waals surface area contributed by atoms with E-state index in [1.165, 1.54) is 12.1 Å². The van der Waals surface area contributed by atoms with E-state index in [-0.39, 0.29) is 17.5 Å². The summed E-state index contributed by atoms with van der Waals surface area (Å²) in [6.45, 7) is 4.43. The average Bonchev–Trinajstić information content (AvgIpc) is 2.88. The monoisotopic (exact) mass is 383 g/mol. The molecule has 0 radical (unpaired) electrons. The van der Waals surface area contributed by atoms with Gasteiger partial charge in [0.1, 0.15) is 5.75 Å². The van der Waals surface area contributed by atoms with Crippen LogP contribution < -0.4 is 4.74 Å². The van der Waals surface area contributed by atoms with Crippen molar-refractivity contribution in [1.29, 1.82) is 0 Å². The zero-order valence-corrected chi connectivity index (χ0v) is 16.2. The highest BCUT2D eigenvalue weighted by Gasteiger charge is 2.24. The Morgan fingerprint density at radius 2 is 1.96 bits per heavy atom. The number of carboxylic acids is 1. The van der Waals surface area contributed by atoms with Gasteiger partial charge in [0.15, 0.2) is 0 Å². The average molecular weight is 383 g/mol. The molecule has 1 aliphatic rings. The van der Waals surface area contributed by atoms with Crippen LogP contribution in [-0.4, -0.2) is 35.2 Å². The molecular formula is C22H25NO5. The van der Waals surface area contributed by atoms with Crippen molar-refractivity contribution >= 4 is 11.9 Å². The number of aromatic carboxylic acids is 1. The van der Waals surface area contributed by atoms with E-state index in [2.05, 4.69) is 0 Å². The molecule has 0 fully saturated rings. The summed E-state index contributed by atoms with van der Waals surface area (Å²) in [5, 5.41) is 8.99. The number of carboxylic acid groups (broad SMARTS) is 1. The Hall–Kier alpha value is -2.89. The lowest BCUT2D eigenvalue weighted by molar-refractivity contribution is 0.0524. The van der Waals surface area contributed by atoms with Crippen molar-refractivity contribution in [2.45, 2.75) is 45.4 Å².